The van der Waals surface area contributed by atoms with Crippen LogP contribution in [0.25, 0.3) is 11.0 Å². The van der Waals surface area contributed by atoms with E-state index in [0.29, 0.717) is 35.7 Å². The zero-order valence-electron chi connectivity index (χ0n) is 16.4. The molecule has 0 radical (unpaired) electrons. The number of benzene rings is 2. The summed E-state index contributed by atoms with van der Waals surface area (Å²) in [5.41, 5.74) is 0.686. The Balaban J connectivity index is 1.64. The van der Waals surface area contributed by atoms with Crippen LogP contribution >= 0.6 is 0 Å². The maximum Gasteiger partial charge on any atom is 0.349 e. The SMILES string of the molecule is CC(C)C(NC(=O)c1cc2ccccc2oc1=O)c1ccc2c(c1)OCCCO2. The highest BCUT2D eigenvalue weighted by Gasteiger charge is 2.23. The zero-order valence-corrected chi connectivity index (χ0v) is 16.4. The number of hydrogen-bond acceptors (Lipinski definition) is 5. The zero-order chi connectivity index (χ0) is 20.4. The van der Waals surface area contributed by atoms with Gasteiger partial charge in [-0.25, -0.2) is 4.79 Å². The number of carbonyl (C=O) groups is 1. The van der Waals surface area contributed by atoms with Gasteiger partial charge in [-0.05, 0) is 35.7 Å². The van der Waals surface area contributed by atoms with Crippen molar-refractivity contribution >= 4 is 16.9 Å². The van der Waals surface area contributed by atoms with Gasteiger partial charge in [0.2, 0.25) is 0 Å². The van der Waals surface area contributed by atoms with E-state index in [-0.39, 0.29) is 17.5 Å². The van der Waals surface area contributed by atoms with Crippen LogP contribution in [0.15, 0.2) is 57.7 Å². The van der Waals surface area contributed by atoms with Gasteiger partial charge in [0, 0.05) is 11.8 Å². The largest absolute Gasteiger partial charge is 0.490 e. The molecule has 6 nitrogen and oxygen atoms in total. The number of ether oxygens (including phenoxy) is 2. The molecule has 1 unspecified atom stereocenters. The molecule has 1 aliphatic heterocycles. The first kappa shape index (κ1) is 19.1. The second-order valence-corrected chi connectivity index (χ2v) is 7.44. The Labute approximate surface area is 168 Å². The van der Waals surface area contributed by atoms with Crippen molar-refractivity contribution in [3.05, 3.63) is 70.1 Å². The van der Waals surface area contributed by atoms with Crippen LogP contribution in [-0.4, -0.2) is 19.1 Å². The lowest BCUT2D eigenvalue weighted by Crippen LogP contribution is -2.34. The molecule has 0 bridgehead atoms. The molecule has 4 rings (SSSR count). The molecule has 0 saturated carbocycles. The fourth-order valence-corrected chi connectivity index (χ4v) is 3.45. The minimum atomic E-state index is -0.651. The molecule has 29 heavy (non-hydrogen) atoms. The quantitative estimate of drug-likeness (QED) is 0.676. The lowest BCUT2D eigenvalue weighted by Gasteiger charge is -2.23. The van der Waals surface area contributed by atoms with E-state index in [4.69, 9.17) is 13.9 Å². The minimum absolute atomic E-state index is 0.0105. The summed E-state index contributed by atoms with van der Waals surface area (Å²) >= 11 is 0. The Hall–Kier alpha value is -3.28. The van der Waals surface area contributed by atoms with Crippen LogP contribution in [-0.2, 0) is 0 Å². The molecular weight excluding hydrogens is 370 g/mol. The minimum Gasteiger partial charge on any atom is -0.490 e. The molecule has 0 fully saturated rings. The topological polar surface area (TPSA) is 77.8 Å². The number of hydrogen-bond donors (Lipinski definition) is 1. The van der Waals surface area contributed by atoms with Crippen LogP contribution in [0.1, 0.15) is 42.2 Å². The molecule has 0 aliphatic carbocycles. The van der Waals surface area contributed by atoms with Crippen LogP contribution in [0.4, 0.5) is 0 Å². The number of carbonyl (C=O) groups excluding carboxylic acids is 1. The van der Waals surface area contributed by atoms with Gasteiger partial charge in [0.05, 0.1) is 19.3 Å². The van der Waals surface area contributed by atoms with Gasteiger partial charge in [-0.3, -0.25) is 4.79 Å². The number of fused-ring (bicyclic) bond motifs is 2. The van der Waals surface area contributed by atoms with Crippen LogP contribution in [0, 0.1) is 5.92 Å². The Morgan fingerprint density at radius 2 is 1.76 bits per heavy atom. The molecule has 1 atom stereocenters. The third-order valence-electron chi connectivity index (χ3n) is 4.97. The first-order valence-corrected chi connectivity index (χ1v) is 9.76. The summed E-state index contributed by atoms with van der Waals surface area (Å²) < 4.78 is 16.8. The molecule has 2 aromatic carbocycles. The monoisotopic (exact) mass is 393 g/mol. The first-order chi connectivity index (χ1) is 14.0. The molecule has 3 aromatic rings. The number of rotatable bonds is 4. The predicted molar refractivity (Wildman–Crippen MR) is 110 cm³/mol. The van der Waals surface area contributed by atoms with Crippen molar-refractivity contribution in [2.45, 2.75) is 26.3 Å². The Kier molecular flexibility index (Phi) is 5.25. The summed E-state index contributed by atoms with van der Waals surface area (Å²) in [6.45, 7) is 5.23. The van der Waals surface area contributed by atoms with Crippen LogP contribution in [0.3, 0.4) is 0 Å². The smallest absolute Gasteiger partial charge is 0.349 e. The van der Waals surface area contributed by atoms with E-state index in [9.17, 15) is 9.59 Å². The van der Waals surface area contributed by atoms with Gasteiger partial charge in [0.25, 0.3) is 5.91 Å². The molecule has 150 valence electrons. The predicted octanol–water partition coefficient (Wildman–Crippen LogP) is 4.08. The third-order valence-corrected chi connectivity index (χ3v) is 4.97. The number of amides is 1. The van der Waals surface area contributed by atoms with E-state index in [2.05, 4.69) is 5.32 Å². The number of para-hydroxylation sites is 1. The maximum atomic E-state index is 12.9. The van der Waals surface area contributed by atoms with Crippen molar-refractivity contribution < 1.29 is 18.7 Å². The molecule has 1 aliphatic rings. The first-order valence-electron chi connectivity index (χ1n) is 9.76. The van der Waals surface area contributed by atoms with E-state index in [1.807, 2.05) is 38.1 Å². The fourth-order valence-electron chi connectivity index (χ4n) is 3.45. The van der Waals surface area contributed by atoms with E-state index in [1.54, 1.807) is 24.3 Å². The van der Waals surface area contributed by atoms with Gasteiger partial charge in [-0.2, -0.15) is 0 Å². The van der Waals surface area contributed by atoms with Gasteiger partial charge < -0.3 is 19.2 Å². The average molecular weight is 393 g/mol. The van der Waals surface area contributed by atoms with Crippen LogP contribution < -0.4 is 20.4 Å². The lowest BCUT2D eigenvalue weighted by atomic mass is 9.95. The van der Waals surface area contributed by atoms with Crippen molar-refractivity contribution in [3.8, 4) is 11.5 Å². The Morgan fingerprint density at radius 1 is 1.00 bits per heavy atom. The summed E-state index contributed by atoms with van der Waals surface area (Å²) in [7, 11) is 0. The highest BCUT2D eigenvalue weighted by Crippen LogP contribution is 2.34. The van der Waals surface area contributed by atoms with Crippen molar-refractivity contribution in [1.82, 2.24) is 5.32 Å². The normalized spacial score (nSPS) is 14.4. The number of nitrogens with one attached hydrogen (secondary N) is 1. The third kappa shape index (κ3) is 3.97. The molecule has 0 spiro atoms. The van der Waals surface area contributed by atoms with E-state index < -0.39 is 11.5 Å². The maximum absolute atomic E-state index is 12.9. The lowest BCUT2D eigenvalue weighted by molar-refractivity contribution is 0.0922. The summed E-state index contributed by atoms with van der Waals surface area (Å²) in [5, 5.41) is 3.68. The summed E-state index contributed by atoms with van der Waals surface area (Å²) in [6, 6.07) is 14.1. The van der Waals surface area contributed by atoms with Gasteiger partial charge in [0.15, 0.2) is 11.5 Å². The Bertz CT molecular complexity index is 1100. The van der Waals surface area contributed by atoms with Crippen LogP contribution in [0.2, 0.25) is 0 Å². The molecule has 1 amide bonds. The fraction of sp³-hybridized carbons (Fsp3) is 0.304. The Morgan fingerprint density at radius 3 is 2.55 bits per heavy atom. The average Bonchev–Trinajstić information content (AvgIpc) is 2.96. The van der Waals surface area contributed by atoms with Gasteiger partial charge >= 0.3 is 5.63 Å². The molecular formula is C23H23NO5. The summed E-state index contributed by atoms with van der Waals surface area (Å²) in [4.78, 5) is 25.2. The van der Waals surface area contributed by atoms with Gasteiger partial charge in [0.1, 0.15) is 11.1 Å². The second-order valence-electron chi connectivity index (χ2n) is 7.44. The molecule has 2 heterocycles. The van der Waals surface area contributed by atoms with Crippen molar-refractivity contribution in [2.24, 2.45) is 5.92 Å². The summed E-state index contributed by atoms with van der Waals surface area (Å²) in [6.07, 6.45) is 0.825. The van der Waals surface area contributed by atoms with E-state index in [1.165, 1.54) is 0 Å². The molecule has 6 heteroatoms. The van der Waals surface area contributed by atoms with Gasteiger partial charge in [-0.15, -0.1) is 0 Å². The second kappa shape index (κ2) is 7.99. The molecule has 0 saturated heterocycles. The van der Waals surface area contributed by atoms with Crippen molar-refractivity contribution in [3.63, 3.8) is 0 Å². The van der Waals surface area contributed by atoms with Gasteiger partial charge in [-0.1, -0.05) is 38.1 Å². The van der Waals surface area contributed by atoms with Crippen molar-refractivity contribution in [1.29, 1.82) is 0 Å². The standard InChI is InChI=1S/C23H23NO5/c1-14(2)21(16-8-9-19-20(13-16)28-11-5-10-27-19)24-22(25)17-12-15-6-3-4-7-18(15)29-23(17)26/h3-4,6-9,12-14,21H,5,10-11H2,1-2H3,(H,24,25). The van der Waals surface area contributed by atoms with Crippen LogP contribution in [0.5, 0.6) is 11.5 Å². The highest BCUT2D eigenvalue weighted by atomic mass is 16.5. The van der Waals surface area contributed by atoms with Crippen molar-refractivity contribution in [2.75, 3.05) is 13.2 Å². The molecule has 1 aromatic heterocycles. The van der Waals surface area contributed by atoms with E-state index in [0.717, 1.165) is 12.0 Å². The molecule has 1 N–H and O–H groups in total. The highest BCUT2D eigenvalue weighted by molar-refractivity contribution is 5.96. The van der Waals surface area contributed by atoms with E-state index >= 15 is 0 Å². The summed E-state index contributed by atoms with van der Waals surface area (Å²) in [5.74, 6) is 1.01.